The summed E-state index contributed by atoms with van der Waals surface area (Å²) in [5, 5.41) is 2.93. The van der Waals surface area contributed by atoms with Crippen LogP contribution in [0.2, 0.25) is 0 Å². The zero-order valence-electron chi connectivity index (χ0n) is 14.4. The number of hydrogen-bond acceptors (Lipinski definition) is 4. The van der Waals surface area contributed by atoms with Gasteiger partial charge in [-0.05, 0) is 16.8 Å². The summed E-state index contributed by atoms with van der Waals surface area (Å²) >= 11 is 0. The van der Waals surface area contributed by atoms with Gasteiger partial charge in [-0.15, -0.1) is 0 Å². The molecule has 1 atom stereocenters. The van der Waals surface area contributed by atoms with Crippen LogP contribution in [0.1, 0.15) is 17.2 Å². The molecule has 0 aliphatic heterocycles. The van der Waals surface area contributed by atoms with Crippen LogP contribution in [-0.4, -0.2) is 11.9 Å². The van der Waals surface area contributed by atoms with Gasteiger partial charge in [0.05, 0.1) is 12.7 Å². The average Bonchev–Trinajstić information content (AvgIpc) is 3.10. The van der Waals surface area contributed by atoms with Crippen molar-refractivity contribution in [3.05, 3.63) is 84.1 Å². The van der Waals surface area contributed by atoms with Crippen LogP contribution in [0.4, 0.5) is 0 Å². The molecule has 1 amide bonds. The molecule has 134 valence electrons. The minimum atomic E-state index is -1.12. The number of benzene rings is 3. The number of primary amides is 1. The summed E-state index contributed by atoms with van der Waals surface area (Å²) in [6.45, 7) is 0. The number of amides is 1. The van der Waals surface area contributed by atoms with E-state index in [-0.39, 0.29) is 6.42 Å². The molecular formula is C22H17NO4. The lowest BCUT2D eigenvalue weighted by molar-refractivity contribution is -0.154. The standard InChI is InChI=1S/C22H17NO4/c23-22(25)21(15-7-2-1-3-8-15)27-19(24)12-16-13-26-18-11-10-14-6-4-5-9-17(14)20(16)18/h1-11,13,21H,12H2,(H2,23,25)/t21-/m1/s1. The third kappa shape index (κ3) is 3.27. The van der Waals surface area contributed by atoms with E-state index in [1.54, 1.807) is 30.5 Å². The molecule has 0 aliphatic carbocycles. The van der Waals surface area contributed by atoms with E-state index in [2.05, 4.69) is 0 Å². The number of rotatable bonds is 5. The smallest absolute Gasteiger partial charge is 0.311 e. The Morgan fingerprint density at radius 3 is 2.48 bits per heavy atom. The largest absolute Gasteiger partial charge is 0.464 e. The molecule has 0 aliphatic rings. The normalized spacial score (nSPS) is 12.1. The molecule has 1 aromatic heterocycles. The van der Waals surface area contributed by atoms with E-state index in [1.165, 1.54) is 0 Å². The first-order valence-corrected chi connectivity index (χ1v) is 8.55. The molecule has 4 rings (SSSR count). The lowest BCUT2D eigenvalue weighted by Crippen LogP contribution is -2.26. The highest BCUT2D eigenvalue weighted by Gasteiger charge is 2.23. The maximum Gasteiger partial charge on any atom is 0.311 e. The molecule has 3 aromatic carbocycles. The van der Waals surface area contributed by atoms with E-state index in [0.717, 1.165) is 16.2 Å². The van der Waals surface area contributed by atoms with Gasteiger partial charge in [-0.2, -0.15) is 0 Å². The van der Waals surface area contributed by atoms with Crippen LogP contribution >= 0.6 is 0 Å². The summed E-state index contributed by atoms with van der Waals surface area (Å²) in [6, 6.07) is 20.5. The van der Waals surface area contributed by atoms with Crippen LogP contribution in [-0.2, 0) is 20.7 Å². The Kier molecular flexibility index (Phi) is 4.34. The summed E-state index contributed by atoms with van der Waals surface area (Å²) in [5.41, 5.74) is 7.37. The first-order valence-electron chi connectivity index (χ1n) is 8.55. The van der Waals surface area contributed by atoms with E-state index in [4.69, 9.17) is 14.9 Å². The molecule has 4 aromatic rings. The van der Waals surface area contributed by atoms with Gasteiger partial charge < -0.3 is 14.9 Å². The zero-order chi connectivity index (χ0) is 18.8. The second-order valence-electron chi connectivity index (χ2n) is 6.28. The first kappa shape index (κ1) is 16.8. The monoisotopic (exact) mass is 359 g/mol. The van der Waals surface area contributed by atoms with Crippen molar-refractivity contribution in [2.45, 2.75) is 12.5 Å². The van der Waals surface area contributed by atoms with Gasteiger partial charge in [0.1, 0.15) is 5.58 Å². The van der Waals surface area contributed by atoms with Crippen molar-refractivity contribution < 1.29 is 18.7 Å². The predicted molar refractivity (Wildman–Crippen MR) is 102 cm³/mol. The number of fused-ring (bicyclic) bond motifs is 3. The van der Waals surface area contributed by atoms with Gasteiger partial charge in [0.15, 0.2) is 0 Å². The SMILES string of the molecule is NC(=O)[C@H](OC(=O)Cc1coc2ccc3ccccc3c12)c1ccccc1. The lowest BCUT2D eigenvalue weighted by Gasteiger charge is -2.14. The molecule has 0 unspecified atom stereocenters. The zero-order valence-corrected chi connectivity index (χ0v) is 14.4. The summed E-state index contributed by atoms with van der Waals surface area (Å²) in [5.74, 6) is -1.25. The van der Waals surface area contributed by atoms with Crippen molar-refractivity contribution in [3.8, 4) is 0 Å². The van der Waals surface area contributed by atoms with Gasteiger partial charge in [0.2, 0.25) is 6.10 Å². The van der Waals surface area contributed by atoms with Crippen molar-refractivity contribution >= 4 is 33.6 Å². The Morgan fingerprint density at radius 2 is 1.70 bits per heavy atom. The second-order valence-corrected chi connectivity index (χ2v) is 6.28. The van der Waals surface area contributed by atoms with Gasteiger partial charge in [-0.25, -0.2) is 0 Å². The fourth-order valence-electron chi connectivity index (χ4n) is 3.25. The first-order chi connectivity index (χ1) is 13.1. The van der Waals surface area contributed by atoms with Gasteiger partial charge in [-0.3, -0.25) is 9.59 Å². The molecule has 0 bridgehead atoms. The maximum absolute atomic E-state index is 12.5. The predicted octanol–water partition coefficient (Wildman–Crippen LogP) is 3.90. The quantitative estimate of drug-likeness (QED) is 0.548. The maximum atomic E-state index is 12.5. The van der Waals surface area contributed by atoms with E-state index in [9.17, 15) is 9.59 Å². The summed E-state index contributed by atoms with van der Waals surface area (Å²) in [7, 11) is 0. The van der Waals surface area contributed by atoms with Gasteiger partial charge in [0, 0.05) is 16.5 Å². The Hall–Kier alpha value is -3.60. The number of carbonyl (C=O) groups is 2. The highest BCUT2D eigenvalue weighted by Crippen LogP contribution is 2.30. The number of hydrogen-bond donors (Lipinski definition) is 1. The molecule has 2 N–H and O–H groups in total. The van der Waals surface area contributed by atoms with E-state index in [1.807, 2.05) is 42.5 Å². The van der Waals surface area contributed by atoms with Crippen LogP contribution < -0.4 is 5.73 Å². The van der Waals surface area contributed by atoms with Crippen LogP contribution in [0.5, 0.6) is 0 Å². The molecule has 5 nitrogen and oxygen atoms in total. The molecule has 0 spiro atoms. The van der Waals surface area contributed by atoms with Crippen molar-refractivity contribution in [1.29, 1.82) is 0 Å². The minimum absolute atomic E-state index is 0.0162. The number of furan rings is 1. The third-order valence-electron chi connectivity index (χ3n) is 4.48. The molecule has 0 fully saturated rings. The topological polar surface area (TPSA) is 82.5 Å². The summed E-state index contributed by atoms with van der Waals surface area (Å²) < 4.78 is 11.0. The molecule has 27 heavy (non-hydrogen) atoms. The number of ether oxygens (including phenoxy) is 1. The average molecular weight is 359 g/mol. The van der Waals surface area contributed by atoms with Crippen molar-refractivity contribution in [2.75, 3.05) is 0 Å². The molecule has 1 heterocycles. The van der Waals surface area contributed by atoms with Crippen molar-refractivity contribution in [2.24, 2.45) is 5.73 Å². The van der Waals surface area contributed by atoms with E-state index < -0.39 is 18.0 Å². The van der Waals surface area contributed by atoms with Gasteiger partial charge >= 0.3 is 5.97 Å². The number of nitrogens with two attached hydrogens (primary N) is 1. The Morgan fingerprint density at radius 1 is 0.963 bits per heavy atom. The molecule has 0 saturated heterocycles. The fourth-order valence-corrected chi connectivity index (χ4v) is 3.25. The highest BCUT2D eigenvalue weighted by atomic mass is 16.5. The van der Waals surface area contributed by atoms with Gasteiger partial charge in [-0.1, -0.05) is 60.7 Å². The lowest BCUT2D eigenvalue weighted by atomic mass is 10.0. The van der Waals surface area contributed by atoms with Crippen LogP contribution in [0.3, 0.4) is 0 Å². The Balaban J connectivity index is 1.63. The molecule has 0 radical (unpaired) electrons. The molecule has 5 heteroatoms. The van der Waals surface area contributed by atoms with Crippen LogP contribution in [0, 0.1) is 0 Å². The third-order valence-corrected chi connectivity index (χ3v) is 4.48. The van der Waals surface area contributed by atoms with Crippen molar-refractivity contribution in [3.63, 3.8) is 0 Å². The molecule has 0 saturated carbocycles. The minimum Gasteiger partial charge on any atom is -0.464 e. The van der Waals surface area contributed by atoms with Gasteiger partial charge in [0.25, 0.3) is 5.91 Å². The highest BCUT2D eigenvalue weighted by molar-refractivity contribution is 6.08. The Labute approximate surface area is 155 Å². The van der Waals surface area contributed by atoms with Crippen molar-refractivity contribution in [1.82, 2.24) is 0 Å². The number of esters is 1. The fraction of sp³-hybridized carbons (Fsp3) is 0.0909. The molecular weight excluding hydrogens is 342 g/mol. The van der Waals surface area contributed by atoms with Crippen LogP contribution in [0.25, 0.3) is 21.7 Å². The van der Waals surface area contributed by atoms with E-state index in [0.29, 0.717) is 16.7 Å². The number of carbonyl (C=O) groups excluding carboxylic acids is 2. The van der Waals surface area contributed by atoms with Crippen LogP contribution in [0.15, 0.2) is 77.4 Å². The second kappa shape index (κ2) is 6.96. The van der Waals surface area contributed by atoms with E-state index >= 15 is 0 Å². The summed E-state index contributed by atoms with van der Waals surface area (Å²) in [4.78, 5) is 24.3. The summed E-state index contributed by atoms with van der Waals surface area (Å²) in [6.07, 6.45) is 0.422. The Bertz CT molecular complexity index is 1130.